The number of ether oxygens (including phenoxy) is 1. The topological polar surface area (TPSA) is 44.7 Å². The molecule has 0 unspecified atom stereocenters. The van der Waals surface area contributed by atoms with E-state index in [1.165, 1.54) is 11.1 Å². The number of piperidine rings is 1. The molecule has 1 aromatic rings. The highest BCUT2D eigenvalue weighted by Crippen LogP contribution is 2.27. The number of nitrogens with zero attached hydrogens (tertiary/aromatic N) is 1. The van der Waals surface area contributed by atoms with E-state index < -0.39 is 0 Å². The third-order valence-corrected chi connectivity index (χ3v) is 5.04. The smallest absolute Gasteiger partial charge is 0.0831 e. The van der Waals surface area contributed by atoms with Gasteiger partial charge in [-0.1, -0.05) is 24.3 Å². The molecule has 1 spiro atoms. The van der Waals surface area contributed by atoms with Gasteiger partial charge in [0.05, 0.1) is 12.2 Å². The minimum atomic E-state index is 0.112. The summed E-state index contributed by atoms with van der Waals surface area (Å²) >= 11 is 0. The van der Waals surface area contributed by atoms with E-state index in [1.54, 1.807) is 0 Å². The van der Waals surface area contributed by atoms with Crippen LogP contribution in [0.4, 0.5) is 0 Å². The Hall–Kier alpha value is -0.940. The van der Waals surface area contributed by atoms with Crippen LogP contribution in [0.2, 0.25) is 0 Å². The van der Waals surface area contributed by atoms with Gasteiger partial charge in [-0.05, 0) is 36.8 Å². The van der Waals surface area contributed by atoms with Crippen molar-refractivity contribution in [3.63, 3.8) is 0 Å². The number of hydrogen-bond donors (Lipinski definition) is 2. The van der Waals surface area contributed by atoms with Gasteiger partial charge in [0.1, 0.15) is 0 Å². The first-order valence-electron chi connectivity index (χ1n) is 8.55. The van der Waals surface area contributed by atoms with Crippen molar-refractivity contribution in [2.75, 3.05) is 45.9 Å². The summed E-state index contributed by atoms with van der Waals surface area (Å²) in [5.74, 6) is 0. The molecule has 2 saturated heterocycles. The summed E-state index contributed by atoms with van der Waals surface area (Å²) in [7, 11) is 0. The van der Waals surface area contributed by atoms with Crippen LogP contribution in [0.25, 0.3) is 0 Å². The lowest BCUT2D eigenvalue weighted by Crippen LogP contribution is -2.55. The Kier molecular flexibility index (Phi) is 5.47. The van der Waals surface area contributed by atoms with Crippen LogP contribution in [0.5, 0.6) is 0 Å². The average molecular weight is 304 g/mol. The first kappa shape index (κ1) is 15.9. The summed E-state index contributed by atoms with van der Waals surface area (Å²) in [5, 5.41) is 12.4. The lowest BCUT2D eigenvalue weighted by molar-refractivity contribution is -0.0994. The lowest BCUT2D eigenvalue weighted by Gasteiger charge is -2.44. The van der Waals surface area contributed by atoms with Crippen molar-refractivity contribution in [1.82, 2.24) is 10.2 Å². The number of likely N-dealkylation sites (tertiary alicyclic amines) is 1. The number of aliphatic hydroxyl groups excluding tert-OH is 1. The maximum absolute atomic E-state index is 8.95. The van der Waals surface area contributed by atoms with E-state index in [-0.39, 0.29) is 12.2 Å². The summed E-state index contributed by atoms with van der Waals surface area (Å²) in [5.41, 5.74) is 2.71. The van der Waals surface area contributed by atoms with Crippen molar-refractivity contribution in [3.05, 3.63) is 35.4 Å². The Labute approximate surface area is 133 Å². The van der Waals surface area contributed by atoms with E-state index in [1.807, 2.05) is 0 Å². The fraction of sp³-hybridized carbons (Fsp3) is 0.667. The van der Waals surface area contributed by atoms with E-state index in [0.717, 1.165) is 65.0 Å². The number of morpholine rings is 1. The molecular formula is C18H28N2O2. The Balaban J connectivity index is 1.43. The molecule has 0 atom stereocenters. The zero-order valence-electron chi connectivity index (χ0n) is 13.4. The molecule has 1 aromatic carbocycles. The van der Waals surface area contributed by atoms with E-state index >= 15 is 0 Å². The van der Waals surface area contributed by atoms with Gasteiger partial charge in [0.2, 0.25) is 0 Å². The summed E-state index contributed by atoms with van der Waals surface area (Å²) in [6, 6.07) is 8.67. The minimum Gasteiger partial charge on any atom is -0.396 e. The largest absolute Gasteiger partial charge is 0.396 e. The number of hydrogen-bond acceptors (Lipinski definition) is 4. The Bertz CT molecular complexity index is 445. The molecule has 0 aromatic heterocycles. The van der Waals surface area contributed by atoms with Crippen LogP contribution in [0.1, 0.15) is 24.0 Å². The molecule has 0 bridgehead atoms. The Morgan fingerprint density at radius 2 is 1.77 bits per heavy atom. The molecule has 0 saturated carbocycles. The van der Waals surface area contributed by atoms with Crippen molar-refractivity contribution in [2.24, 2.45) is 0 Å². The maximum Gasteiger partial charge on any atom is 0.0831 e. The predicted molar refractivity (Wildman–Crippen MR) is 88.2 cm³/mol. The molecule has 0 aliphatic carbocycles. The molecule has 0 radical (unpaired) electrons. The van der Waals surface area contributed by atoms with E-state index in [4.69, 9.17) is 9.84 Å². The van der Waals surface area contributed by atoms with Crippen LogP contribution in [-0.2, 0) is 17.6 Å². The van der Waals surface area contributed by atoms with Crippen LogP contribution < -0.4 is 5.32 Å². The first-order valence-corrected chi connectivity index (χ1v) is 8.55. The van der Waals surface area contributed by atoms with Crippen molar-refractivity contribution in [1.29, 1.82) is 0 Å². The van der Waals surface area contributed by atoms with Gasteiger partial charge in [0, 0.05) is 39.3 Å². The van der Waals surface area contributed by atoms with E-state index in [0.29, 0.717) is 0 Å². The van der Waals surface area contributed by atoms with Crippen LogP contribution in [0, 0.1) is 0 Å². The quantitative estimate of drug-likeness (QED) is 0.858. The van der Waals surface area contributed by atoms with Crippen molar-refractivity contribution < 1.29 is 9.84 Å². The van der Waals surface area contributed by atoms with Crippen molar-refractivity contribution in [3.8, 4) is 0 Å². The zero-order chi connectivity index (χ0) is 15.3. The Morgan fingerprint density at radius 3 is 2.36 bits per heavy atom. The maximum atomic E-state index is 8.95. The number of benzene rings is 1. The van der Waals surface area contributed by atoms with E-state index in [9.17, 15) is 0 Å². The van der Waals surface area contributed by atoms with Crippen molar-refractivity contribution >= 4 is 0 Å². The van der Waals surface area contributed by atoms with Crippen LogP contribution in [0.3, 0.4) is 0 Å². The normalized spacial score (nSPS) is 22.0. The molecule has 2 aliphatic heterocycles. The second-order valence-electron chi connectivity index (χ2n) is 6.59. The fourth-order valence-corrected chi connectivity index (χ4v) is 3.50. The monoisotopic (exact) mass is 304 g/mol. The highest BCUT2D eigenvalue weighted by Gasteiger charge is 2.36. The Morgan fingerprint density at radius 1 is 1.09 bits per heavy atom. The minimum absolute atomic E-state index is 0.112. The molecule has 4 nitrogen and oxygen atoms in total. The summed E-state index contributed by atoms with van der Waals surface area (Å²) < 4.78 is 6.04. The molecular weight excluding hydrogens is 276 g/mol. The van der Waals surface area contributed by atoms with Gasteiger partial charge in [-0.3, -0.25) is 0 Å². The molecule has 3 rings (SSSR count). The average Bonchev–Trinajstić information content (AvgIpc) is 2.57. The van der Waals surface area contributed by atoms with Crippen LogP contribution >= 0.6 is 0 Å². The number of rotatable bonds is 5. The number of aliphatic hydroxyl groups is 1. The highest BCUT2D eigenvalue weighted by atomic mass is 16.5. The predicted octanol–water partition coefficient (Wildman–Crippen LogP) is 1.22. The molecule has 122 valence electrons. The molecule has 22 heavy (non-hydrogen) atoms. The van der Waals surface area contributed by atoms with Crippen LogP contribution in [0.15, 0.2) is 24.3 Å². The molecule has 2 fully saturated rings. The van der Waals surface area contributed by atoms with Gasteiger partial charge in [0.25, 0.3) is 0 Å². The summed E-state index contributed by atoms with van der Waals surface area (Å²) in [6.07, 6.45) is 4.15. The van der Waals surface area contributed by atoms with Crippen LogP contribution in [-0.4, -0.2) is 61.5 Å². The zero-order valence-corrected chi connectivity index (χ0v) is 13.4. The summed E-state index contributed by atoms with van der Waals surface area (Å²) in [6.45, 7) is 6.52. The van der Waals surface area contributed by atoms with E-state index in [2.05, 4.69) is 34.5 Å². The second-order valence-corrected chi connectivity index (χ2v) is 6.59. The fourth-order valence-electron chi connectivity index (χ4n) is 3.50. The molecule has 2 aliphatic rings. The van der Waals surface area contributed by atoms with Gasteiger partial charge >= 0.3 is 0 Å². The molecule has 2 heterocycles. The third kappa shape index (κ3) is 4.07. The molecule has 4 heteroatoms. The standard InChI is InChI=1S/C18H28N2O2/c21-13-6-17-3-1-16(2-4-17)5-10-20-11-7-18(8-12-20)15-19-9-14-22-18/h1-4,19,21H,5-15H2. The van der Waals surface area contributed by atoms with Gasteiger partial charge < -0.3 is 20.1 Å². The van der Waals surface area contributed by atoms with Gasteiger partial charge in [0.15, 0.2) is 0 Å². The molecule has 0 amide bonds. The third-order valence-electron chi connectivity index (χ3n) is 5.04. The first-order chi connectivity index (χ1) is 10.8. The summed E-state index contributed by atoms with van der Waals surface area (Å²) in [4.78, 5) is 2.56. The van der Waals surface area contributed by atoms with Crippen molar-refractivity contribution in [2.45, 2.75) is 31.3 Å². The number of nitrogens with one attached hydrogen (secondary N) is 1. The van der Waals surface area contributed by atoms with Gasteiger partial charge in [-0.15, -0.1) is 0 Å². The lowest BCUT2D eigenvalue weighted by atomic mass is 9.90. The SMILES string of the molecule is OCCc1ccc(CCN2CCC3(CC2)CNCCO3)cc1. The highest BCUT2D eigenvalue weighted by molar-refractivity contribution is 5.23. The van der Waals surface area contributed by atoms with Gasteiger partial charge in [-0.2, -0.15) is 0 Å². The van der Waals surface area contributed by atoms with Gasteiger partial charge in [-0.25, -0.2) is 0 Å². The second kappa shape index (κ2) is 7.55. The molecule has 2 N–H and O–H groups in total.